The second-order valence-electron chi connectivity index (χ2n) is 5.04. The average Bonchev–Trinajstić information content (AvgIpc) is 2.46. The fraction of sp³-hybridized carbons (Fsp3) is 0.714. The van der Waals surface area contributed by atoms with Crippen molar-refractivity contribution in [3.05, 3.63) is 22.7 Å². The van der Waals surface area contributed by atoms with Gasteiger partial charge >= 0.3 is 0 Å². The van der Waals surface area contributed by atoms with Gasteiger partial charge in [0.05, 0.1) is 0 Å². The van der Waals surface area contributed by atoms with E-state index in [0.717, 1.165) is 32.5 Å². The highest BCUT2D eigenvalue weighted by Gasteiger charge is 2.23. The molecule has 0 spiro atoms. The number of hydrogen-bond donors (Lipinski definition) is 1. The van der Waals surface area contributed by atoms with Gasteiger partial charge in [-0.05, 0) is 32.7 Å². The molecule has 19 heavy (non-hydrogen) atoms. The van der Waals surface area contributed by atoms with E-state index in [1.165, 1.54) is 6.42 Å². The van der Waals surface area contributed by atoms with Crippen LogP contribution in [0, 0.1) is 0 Å². The van der Waals surface area contributed by atoms with Gasteiger partial charge < -0.3 is 14.8 Å². The molecule has 1 aromatic rings. The van der Waals surface area contributed by atoms with E-state index in [4.69, 9.17) is 0 Å². The third-order valence-electron chi connectivity index (χ3n) is 3.68. The first-order valence-electron chi connectivity index (χ1n) is 7.30. The third-order valence-corrected chi connectivity index (χ3v) is 3.68. The van der Waals surface area contributed by atoms with Crippen molar-refractivity contribution in [3.63, 3.8) is 0 Å². The maximum Gasteiger partial charge on any atom is 0.293 e. The minimum absolute atomic E-state index is 0.0315. The van der Waals surface area contributed by atoms with Gasteiger partial charge in [-0.3, -0.25) is 4.79 Å². The van der Waals surface area contributed by atoms with Crippen LogP contribution in [0.15, 0.2) is 17.2 Å². The maximum absolute atomic E-state index is 12.4. The largest absolute Gasteiger partial charge is 0.348 e. The SMILES string of the molecule is CCCN(c1nccn(CC)c1=O)C1CCCNC1. The Morgan fingerprint density at radius 1 is 1.53 bits per heavy atom. The average molecular weight is 264 g/mol. The van der Waals surface area contributed by atoms with Crippen LogP contribution in [-0.2, 0) is 6.54 Å². The highest BCUT2D eigenvalue weighted by molar-refractivity contribution is 5.37. The Morgan fingerprint density at radius 3 is 3.00 bits per heavy atom. The molecule has 0 bridgehead atoms. The molecule has 2 rings (SSSR count). The second-order valence-corrected chi connectivity index (χ2v) is 5.04. The van der Waals surface area contributed by atoms with Gasteiger partial charge in [-0.2, -0.15) is 0 Å². The van der Waals surface area contributed by atoms with Crippen LogP contribution < -0.4 is 15.8 Å². The highest BCUT2D eigenvalue weighted by Crippen LogP contribution is 2.15. The van der Waals surface area contributed by atoms with E-state index in [9.17, 15) is 4.79 Å². The number of nitrogens with zero attached hydrogens (tertiary/aromatic N) is 3. The molecular weight excluding hydrogens is 240 g/mol. The molecule has 1 unspecified atom stereocenters. The molecule has 1 aliphatic heterocycles. The first kappa shape index (κ1) is 14.1. The monoisotopic (exact) mass is 264 g/mol. The van der Waals surface area contributed by atoms with Crippen molar-refractivity contribution in [1.29, 1.82) is 0 Å². The molecule has 0 saturated carbocycles. The Labute approximate surface area is 114 Å². The van der Waals surface area contributed by atoms with Gasteiger partial charge in [-0.15, -0.1) is 0 Å². The van der Waals surface area contributed by atoms with Crippen LogP contribution in [0.3, 0.4) is 0 Å². The van der Waals surface area contributed by atoms with Crippen LogP contribution in [-0.4, -0.2) is 35.2 Å². The number of anilines is 1. The predicted octanol–water partition coefficient (Wildman–Crippen LogP) is 1.23. The summed E-state index contributed by atoms with van der Waals surface area (Å²) in [7, 11) is 0. The molecule has 2 heterocycles. The zero-order valence-electron chi connectivity index (χ0n) is 11.9. The lowest BCUT2D eigenvalue weighted by molar-refractivity contribution is 0.427. The van der Waals surface area contributed by atoms with Gasteiger partial charge in [0.2, 0.25) is 0 Å². The van der Waals surface area contributed by atoms with Gasteiger partial charge in [0.25, 0.3) is 5.56 Å². The second kappa shape index (κ2) is 6.70. The standard InChI is InChI=1S/C14H24N4O/c1-3-9-18(12-6-5-7-15-11-12)13-14(19)17(4-2)10-8-16-13/h8,10,12,15H,3-7,9,11H2,1-2H3. The fourth-order valence-electron chi connectivity index (χ4n) is 2.68. The highest BCUT2D eigenvalue weighted by atomic mass is 16.1. The zero-order valence-corrected chi connectivity index (χ0v) is 11.9. The molecule has 1 aromatic heterocycles. The number of aromatic nitrogens is 2. The van der Waals surface area contributed by atoms with Crippen molar-refractivity contribution in [3.8, 4) is 0 Å². The van der Waals surface area contributed by atoms with Crippen molar-refractivity contribution in [1.82, 2.24) is 14.9 Å². The summed E-state index contributed by atoms with van der Waals surface area (Å²) in [4.78, 5) is 18.9. The van der Waals surface area contributed by atoms with E-state index >= 15 is 0 Å². The van der Waals surface area contributed by atoms with E-state index < -0.39 is 0 Å². The Morgan fingerprint density at radius 2 is 2.37 bits per heavy atom. The summed E-state index contributed by atoms with van der Waals surface area (Å²) in [5, 5.41) is 3.41. The van der Waals surface area contributed by atoms with Crippen LogP contribution in [0.1, 0.15) is 33.1 Å². The molecule has 0 aliphatic carbocycles. The summed E-state index contributed by atoms with van der Waals surface area (Å²) < 4.78 is 1.72. The Hall–Kier alpha value is -1.36. The molecule has 0 aromatic carbocycles. The van der Waals surface area contributed by atoms with Gasteiger partial charge in [0.15, 0.2) is 5.82 Å². The predicted molar refractivity (Wildman–Crippen MR) is 77.7 cm³/mol. The van der Waals surface area contributed by atoms with Crippen molar-refractivity contribution in [2.45, 2.75) is 45.7 Å². The minimum Gasteiger partial charge on any atom is -0.348 e. The van der Waals surface area contributed by atoms with Crippen LogP contribution in [0.2, 0.25) is 0 Å². The molecule has 1 N–H and O–H groups in total. The smallest absolute Gasteiger partial charge is 0.293 e. The number of nitrogens with one attached hydrogen (secondary N) is 1. The molecule has 0 amide bonds. The van der Waals surface area contributed by atoms with Gasteiger partial charge in [-0.25, -0.2) is 4.98 Å². The van der Waals surface area contributed by atoms with Gasteiger partial charge in [0, 0.05) is 38.1 Å². The molecule has 1 saturated heterocycles. The number of piperidine rings is 1. The van der Waals surface area contributed by atoms with E-state index in [1.54, 1.807) is 17.0 Å². The van der Waals surface area contributed by atoms with Crippen LogP contribution in [0.5, 0.6) is 0 Å². The first-order valence-corrected chi connectivity index (χ1v) is 7.30. The topological polar surface area (TPSA) is 50.2 Å². The third kappa shape index (κ3) is 3.15. The number of hydrogen-bond acceptors (Lipinski definition) is 4. The lowest BCUT2D eigenvalue weighted by Crippen LogP contribution is -2.49. The lowest BCUT2D eigenvalue weighted by atomic mass is 10.1. The van der Waals surface area contributed by atoms with Crippen LogP contribution >= 0.6 is 0 Å². The Balaban J connectivity index is 2.30. The maximum atomic E-state index is 12.4. The summed E-state index contributed by atoms with van der Waals surface area (Å²) in [5.74, 6) is 0.611. The van der Waals surface area contributed by atoms with E-state index in [1.807, 2.05) is 6.92 Å². The quantitative estimate of drug-likeness (QED) is 0.869. The molecule has 1 fully saturated rings. The minimum atomic E-state index is 0.0315. The Kier molecular flexibility index (Phi) is 4.96. The molecule has 0 radical (unpaired) electrons. The van der Waals surface area contributed by atoms with E-state index in [0.29, 0.717) is 18.4 Å². The molecule has 5 nitrogen and oxygen atoms in total. The molecule has 106 valence electrons. The molecule has 1 atom stereocenters. The van der Waals surface area contributed by atoms with Crippen molar-refractivity contribution in [2.75, 3.05) is 24.5 Å². The summed E-state index contributed by atoms with van der Waals surface area (Å²) >= 11 is 0. The summed E-state index contributed by atoms with van der Waals surface area (Å²) in [5.41, 5.74) is 0.0315. The summed E-state index contributed by atoms with van der Waals surface area (Å²) in [6, 6.07) is 0.390. The van der Waals surface area contributed by atoms with Crippen molar-refractivity contribution in [2.24, 2.45) is 0 Å². The fourth-order valence-corrected chi connectivity index (χ4v) is 2.68. The normalized spacial score (nSPS) is 19.4. The van der Waals surface area contributed by atoms with Crippen molar-refractivity contribution < 1.29 is 0 Å². The van der Waals surface area contributed by atoms with Crippen LogP contribution in [0.25, 0.3) is 0 Å². The van der Waals surface area contributed by atoms with Crippen LogP contribution in [0.4, 0.5) is 5.82 Å². The van der Waals surface area contributed by atoms with E-state index in [2.05, 4.69) is 22.1 Å². The molecular formula is C14H24N4O. The first-order chi connectivity index (χ1) is 9.27. The Bertz CT molecular complexity index is 451. The summed E-state index contributed by atoms with van der Waals surface area (Å²) in [6.45, 7) is 7.74. The molecule has 1 aliphatic rings. The summed E-state index contributed by atoms with van der Waals surface area (Å²) in [6.07, 6.45) is 6.82. The number of aryl methyl sites for hydroxylation is 1. The molecule has 5 heteroatoms. The van der Waals surface area contributed by atoms with Crippen molar-refractivity contribution >= 4 is 5.82 Å². The zero-order chi connectivity index (χ0) is 13.7. The lowest BCUT2D eigenvalue weighted by Gasteiger charge is -2.35. The van der Waals surface area contributed by atoms with Gasteiger partial charge in [-0.1, -0.05) is 6.92 Å². The number of rotatable bonds is 5. The van der Waals surface area contributed by atoms with E-state index in [-0.39, 0.29) is 5.56 Å². The van der Waals surface area contributed by atoms with Gasteiger partial charge in [0.1, 0.15) is 0 Å².